The zero-order valence-corrected chi connectivity index (χ0v) is 10.1. The van der Waals surface area contributed by atoms with Crippen LogP contribution in [0.4, 0.5) is 0 Å². The van der Waals surface area contributed by atoms with Crippen molar-refractivity contribution in [3.63, 3.8) is 0 Å². The molecule has 0 aliphatic heterocycles. The van der Waals surface area contributed by atoms with Crippen LogP contribution in [0.5, 0.6) is 0 Å². The van der Waals surface area contributed by atoms with Crippen LogP contribution in [0.25, 0.3) is 0 Å². The molecule has 1 fully saturated rings. The SMILES string of the molecule is CC(c1ccoc1)N(CC(=O)O)C1CCCC1. The first-order chi connectivity index (χ1) is 8.18. The Kier molecular flexibility index (Phi) is 3.84. The first-order valence-electron chi connectivity index (χ1n) is 6.18. The van der Waals surface area contributed by atoms with Gasteiger partial charge in [-0.1, -0.05) is 12.8 Å². The van der Waals surface area contributed by atoms with Gasteiger partial charge in [0.2, 0.25) is 0 Å². The summed E-state index contributed by atoms with van der Waals surface area (Å²) >= 11 is 0. The molecule has 1 aromatic heterocycles. The summed E-state index contributed by atoms with van der Waals surface area (Å²) in [5.41, 5.74) is 1.05. The van der Waals surface area contributed by atoms with Crippen LogP contribution < -0.4 is 0 Å². The van der Waals surface area contributed by atoms with Crippen LogP contribution in [0.2, 0.25) is 0 Å². The molecule has 1 aliphatic rings. The van der Waals surface area contributed by atoms with Gasteiger partial charge in [0.05, 0.1) is 19.1 Å². The zero-order valence-electron chi connectivity index (χ0n) is 10.1. The second kappa shape index (κ2) is 5.36. The van der Waals surface area contributed by atoms with Gasteiger partial charge in [0, 0.05) is 17.6 Å². The molecule has 0 bridgehead atoms. The minimum absolute atomic E-state index is 0.105. The maximum atomic E-state index is 11.0. The van der Waals surface area contributed by atoms with Crippen LogP contribution in [0.1, 0.15) is 44.2 Å². The Balaban J connectivity index is 2.11. The third kappa shape index (κ3) is 2.88. The Morgan fingerprint density at radius 1 is 1.59 bits per heavy atom. The Morgan fingerprint density at radius 2 is 2.29 bits per heavy atom. The van der Waals surface area contributed by atoms with Crippen molar-refractivity contribution in [2.45, 2.75) is 44.7 Å². The minimum Gasteiger partial charge on any atom is -0.480 e. The maximum Gasteiger partial charge on any atom is 0.317 e. The second-order valence-electron chi connectivity index (χ2n) is 4.74. The average Bonchev–Trinajstić information content (AvgIpc) is 2.96. The lowest BCUT2D eigenvalue weighted by molar-refractivity contribution is -0.139. The quantitative estimate of drug-likeness (QED) is 0.855. The summed E-state index contributed by atoms with van der Waals surface area (Å²) in [6.07, 6.45) is 7.97. The van der Waals surface area contributed by atoms with E-state index in [9.17, 15) is 4.79 Å². The summed E-state index contributed by atoms with van der Waals surface area (Å²) in [7, 11) is 0. The average molecular weight is 237 g/mol. The number of carboxylic acids is 1. The number of hydrogen-bond donors (Lipinski definition) is 1. The molecule has 0 spiro atoms. The third-order valence-corrected chi connectivity index (χ3v) is 3.63. The van der Waals surface area contributed by atoms with Crippen molar-refractivity contribution in [1.82, 2.24) is 4.90 Å². The van der Waals surface area contributed by atoms with Crippen molar-refractivity contribution in [2.75, 3.05) is 6.54 Å². The second-order valence-corrected chi connectivity index (χ2v) is 4.74. The molecular formula is C13H19NO3. The van der Waals surface area contributed by atoms with Crippen molar-refractivity contribution < 1.29 is 14.3 Å². The normalized spacial score (nSPS) is 18.7. The van der Waals surface area contributed by atoms with Crippen molar-refractivity contribution >= 4 is 5.97 Å². The Labute approximate surface area is 101 Å². The summed E-state index contributed by atoms with van der Waals surface area (Å²) in [4.78, 5) is 13.1. The lowest BCUT2D eigenvalue weighted by Gasteiger charge is -2.32. The van der Waals surface area contributed by atoms with E-state index in [1.165, 1.54) is 12.8 Å². The van der Waals surface area contributed by atoms with Gasteiger partial charge in [-0.25, -0.2) is 0 Å². The Bertz CT molecular complexity index is 355. The number of rotatable bonds is 5. The van der Waals surface area contributed by atoms with Crippen molar-refractivity contribution in [3.8, 4) is 0 Å². The van der Waals surface area contributed by atoms with E-state index in [4.69, 9.17) is 9.52 Å². The first kappa shape index (κ1) is 12.2. The number of aliphatic carboxylic acids is 1. The van der Waals surface area contributed by atoms with E-state index in [1.807, 2.05) is 13.0 Å². The molecule has 17 heavy (non-hydrogen) atoms. The van der Waals surface area contributed by atoms with Crippen molar-refractivity contribution in [2.24, 2.45) is 0 Å². The predicted molar refractivity (Wildman–Crippen MR) is 63.7 cm³/mol. The van der Waals surface area contributed by atoms with Gasteiger partial charge in [-0.05, 0) is 25.8 Å². The van der Waals surface area contributed by atoms with Crippen LogP contribution >= 0.6 is 0 Å². The van der Waals surface area contributed by atoms with E-state index in [0.29, 0.717) is 6.04 Å². The highest BCUT2D eigenvalue weighted by Crippen LogP contribution is 2.30. The van der Waals surface area contributed by atoms with E-state index < -0.39 is 5.97 Å². The number of carbonyl (C=O) groups is 1. The Hall–Kier alpha value is -1.29. The molecule has 1 aromatic rings. The molecule has 1 heterocycles. The summed E-state index contributed by atoms with van der Waals surface area (Å²) in [5, 5.41) is 9.03. The highest BCUT2D eigenvalue weighted by molar-refractivity contribution is 5.69. The van der Waals surface area contributed by atoms with Gasteiger partial charge in [0.25, 0.3) is 0 Å². The number of nitrogens with zero attached hydrogens (tertiary/aromatic N) is 1. The molecule has 94 valence electrons. The van der Waals surface area contributed by atoms with Gasteiger partial charge < -0.3 is 9.52 Å². The minimum atomic E-state index is -0.757. The molecule has 0 amide bonds. The monoisotopic (exact) mass is 237 g/mol. The first-order valence-corrected chi connectivity index (χ1v) is 6.18. The molecule has 4 heteroatoms. The standard InChI is InChI=1S/C13H19NO3/c1-10(11-6-7-17-9-11)14(8-13(15)16)12-4-2-3-5-12/h6-7,9-10,12H,2-5,8H2,1H3,(H,15,16). The molecule has 1 unspecified atom stereocenters. The number of furan rings is 1. The molecule has 1 N–H and O–H groups in total. The fraction of sp³-hybridized carbons (Fsp3) is 0.615. The molecule has 1 saturated carbocycles. The number of carboxylic acid groups (broad SMARTS) is 1. The van der Waals surface area contributed by atoms with Gasteiger partial charge in [-0.2, -0.15) is 0 Å². The van der Waals surface area contributed by atoms with Gasteiger partial charge in [-0.15, -0.1) is 0 Å². The summed E-state index contributed by atoms with van der Waals surface area (Å²) < 4.78 is 5.08. The van der Waals surface area contributed by atoms with Gasteiger partial charge in [-0.3, -0.25) is 9.69 Å². The Morgan fingerprint density at radius 3 is 2.82 bits per heavy atom. The molecule has 2 rings (SSSR count). The van der Waals surface area contributed by atoms with Gasteiger partial charge in [0.1, 0.15) is 0 Å². The summed E-state index contributed by atoms with van der Waals surface area (Å²) in [6.45, 7) is 2.16. The van der Waals surface area contributed by atoms with Crippen LogP contribution in [-0.4, -0.2) is 28.6 Å². The van der Waals surface area contributed by atoms with Gasteiger partial charge in [0.15, 0.2) is 0 Å². The highest BCUT2D eigenvalue weighted by atomic mass is 16.4. The van der Waals surface area contributed by atoms with Crippen LogP contribution in [0.15, 0.2) is 23.0 Å². The molecule has 1 aliphatic carbocycles. The predicted octanol–water partition coefficient (Wildman–Crippen LogP) is 2.67. The summed E-state index contributed by atoms with van der Waals surface area (Å²) in [6, 6.07) is 2.41. The lowest BCUT2D eigenvalue weighted by Crippen LogP contribution is -2.39. The molecule has 4 nitrogen and oxygen atoms in total. The van der Waals surface area contributed by atoms with Crippen molar-refractivity contribution in [1.29, 1.82) is 0 Å². The number of hydrogen-bond acceptors (Lipinski definition) is 3. The molecule has 0 radical (unpaired) electrons. The molecule has 1 atom stereocenters. The third-order valence-electron chi connectivity index (χ3n) is 3.63. The van der Waals surface area contributed by atoms with Crippen molar-refractivity contribution in [3.05, 3.63) is 24.2 Å². The van der Waals surface area contributed by atoms with Gasteiger partial charge >= 0.3 is 5.97 Å². The van der Waals surface area contributed by atoms with E-state index in [0.717, 1.165) is 18.4 Å². The van der Waals surface area contributed by atoms with E-state index in [1.54, 1.807) is 12.5 Å². The molecular weight excluding hydrogens is 218 g/mol. The lowest BCUT2D eigenvalue weighted by atomic mass is 10.1. The van der Waals surface area contributed by atoms with E-state index in [2.05, 4.69) is 4.90 Å². The van der Waals surface area contributed by atoms with E-state index in [-0.39, 0.29) is 12.6 Å². The highest BCUT2D eigenvalue weighted by Gasteiger charge is 2.29. The largest absolute Gasteiger partial charge is 0.480 e. The van der Waals surface area contributed by atoms with Crippen LogP contribution in [0, 0.1) is 0 Å². The smallest absolute Gasteiger partial charge is 0.317 e. The maximum absolute atomic E-state index is 11.0. The fourth-order valence-electron chi connectivity index (χ4n) is 2.68. The van der Waals surface area contributed by atoms with Crippen LogP contribution in [-0.2, 0) is 4.79 Å². The fourth-order valence-corrected chi connectivity index (χ4v) is 2.68. The van der Waals surface area contributed by atoms with Crippen LogP contribution in [0.3, 0.4) is 0 Å². The molecule has 0 aromatic carbocycles. The molecule has 0 saturated heterocycles. The zero-order chi connectivity index (χ0) is 12.3. The summed E-state index contributed by atoms with van der Waals surface area (Å²) in [5.74, 6) is -0.757. The topological polar surface area (TPSA) is 53.7 Å². The van der Waals surface area contributed by atoms with E-state index >= 15 is 0 Å².